The molecule has 0 aliphatic carbocycles. The van der Waals surface area contributed by atoms with Crippen LogP contribution in [0.2, 0.25) is 0 Å². The van der Waals surface area contributed by atoms with Crippen molar-refractivity contribution in [3.05, 3.63) is 24.3 Å². The molecule has 5 N–H and O–H groups in total. The maximum absolute atomic E-state index is 11.7. The Kier molecular flexibility index (Phi) is 5.50. The summed E-state index contributed by atoms with van der Waals surface area (Å²) in [6.45, 7) is 5.27. The van der Waals surface area contributed by atoms with Crippen LogP contribution < -0.4 is 21.1 Å². The third kappa shape index (κ3) is 6.55. The molecule has 1 aromatic carbocycles. The van der Waals surface area contributed by atoms with Gasteiger partial charge < -0.3 is 16.0 Å². The molecule has 0 aliphatic rings. The molecule has 0 saturated carbocycles. The highest BCUT2D eigenvalue weighted by Gasteiger charge is 2.14. The second-order valence-corrected chi connectivity index (χ2v) is 7.24. The SMILES string of the molecule is CC(C)(C)NC(=O)CNC(=O)Nc1cccc(S(N)(=O)=O)c1. The molecule has 8 nitrogen and oxygen atoms in total. The molecule has 0 spiro atoms. The number of hydrogen-bond acceptors (Lipinski definition) is 4. The summed E-state index contributed by atoms with van der Waals surface area (Å²) >= 11 is 0. The van der Waals surface area contributed by atoms with Crippen molar-refractivity contribution in [2.24, 2.45) is 5.14 Å². The molecule has 0 saturated heterocycles. The number of hydrogen-bond donors (Lipinski definition) is 4. The topological polar surface area (TPSA) is 130 Å². The van der Waals surface area contributed by atoms with E-state index in [1.54, 1.807) is 0 Å². The third-order valence-electron chi connectivity index (χ3n) is 2.34. The lowest BCUT2D eigenvalue weighted by Gasteiger charge is -2.20. The predicted octanol–water partition coefficient (Wildman–Crippen LogP) is 0.370. The van der Waals surface area contributed by atoms with Crippen molar-refractivity contribution in [2.75, 3.05) is 11.9 Å². The van der Waals surface area contributed by atoms with Crippen LogP contribution in [-0.2, 0) is 14.8 Å². The molecule has 0 radical (unpaired) electrons. The monoisotopic (exact) mass is 328 g/mol. The van der Waals surface area contributed by atoms with E-state index in [4.69, 9.17) is 5.14 Å². The zero-order chi connectivity index (χ0) is 17.0. The van der Waals surface area contributed by atoms with Gasteiger partial charge >= 0.3 is 6.03 Å². The Bertz CT molecular complexity index is 665. The lowest BCUT2D eigenvalue weighted by molar-refractivity contribution is -0.121. The molecule has 3 amide bonds. The molecule has 0 unspecified atom stereocenters. The first kappa shape index (κ1) is 17.9. The number of anilines is 1. The van der Waals surface area contributed by atoms with E-state index in [9.17, 15) is 18.0 Å². The van der Waals surface area contributed by atoms with Gasteiger partial charge in [-0.2, -0.15) is 0 Å². The molecule has 0 atom stereocenters. The first-order valence-corrected chi connectivity index (χ1v) is 8.01. The number of carbonyl (C=O) groups is 2. The molecule has 122 valence electrons. The van der Waals surface area contributed by atoms with Gasteiger partial charge in [0, 0.05) is 11.2 Å². The minimum Gasteiger partial charge on any atom is -0.350 e. The van der Waals surface area contributed by atoms with Crippen LogP contribution in [0.3, 0.4) is 0 Å². The van der Waals surface area contributed by atoms with Crippen LogP contribution in [0.1, 0.15) is 20.8 Å². The maximum atomic E-state index is 11.7. The van der Waals surface area contributed by atoms with Gasteiger partial charge in [0.15, 0.2) is 0 Å². The van der Waals surface area contributed by atoms with Crippen molar-refractivity contribution in [1.29, 1.82) is 0 Å². The summed E-state index contributed by atoms with van der Waals surface area (Å²) in [5.74, 6) is -0.332. The zero-order valence-electron chi connectivity index (χ0n) is 12.6. The highest BCUT2D eigenvalue weighted by Crippen LogP contribution is 2.13. The summed E-state index contributed by atoms with van der Waals surface area (Å²) in [6.07, 6.45) is 0. The number of sulfonamides is 1. The van der Waals surface area contributed by atoms with Crippen LogP contribution in [-0.4, -0.2) is 32.4 Å². The molecule has 9 heteroatoms. The number of benzene rings is 1. The Hall–Kier alpha value is -2.13. The first-order valence-electron chi connectivity index (χ1n) is 6.46. The summed E-state index contributed by atoms with van der Waals surface area (Å²) in [5.41, 5.74) is -0.140. The molecule has 0 aromatic heterocycles. The Balaban J connectivity index is 2.58. The minimum atomic E-state index is -3.84. The molecule has 0 aliphatic heterocycles. The number of primary sulfonamides is 1. The molecule has 1 aromatic rings. The standard InChI is InChI=1S/C13H20N4O4S/c1-13(2,3)17-11(18)8-15-12(19)16-9-5-4-6-10(7-9)22(14,20)21/h4-7H,8H2,1-3H3,(H,17,18)(H2,14,20,21)(H2,15,16,19). The van der Waals surface area contributed by atoms with Gasteiger partial charge in [-0.1, -0.05) is 6.07 Å². The van der Waals surface area contributed by atoms with Gasteiger partial charge in [-0.25, -0.2) is 18.4 Å². The van der Waals surface area contributed by atoms with Crippen molar-refractivity contribution >= 4 is 27.6 Å². The average Bonchev–Trinajstić information content (AvgIpc) is 2.34. The smallest absolute Gasteiger partial charge is 0.319 e. The Morgan fingerprint density at radius 3 is 2.41 bits per heavy atom. The Labute approximate surface area is 129 Å². The number of rotatable bonds is 4. The van der Waals surface area contributed by atoms with Crippen LogP contribution in [0.5, 0.6) is 0 Å². The Morgan fingerprint density at radius 2 is 1.86 bits per heavy atom. The quantitative estimate of drug-likeness (QED) is 0.636. The summed E-state index contributed by atoms with van der Waals surface area (Å²) < 4.78 is 22.4. The number of amides is 3. The number of nitrogens with one attached hydrogen (secondary N) is 3. The molecule has 22 heavy (non-hydrogen) atoms. The van der Waals surface area contributed by atoms with Gasteiger partial charge in [0.05, 0.1) is 11.4 Å². The molecule has 0 bridgehead atoms. The maximum Gasteiger partial charge on any atom is 0.319 e. The van der Waals surface area contributed by atoms with Gasteiger partial charge in [0.25, 0.3) is 0 Å². The van der Waals surface area contributed by atoms with E-state index in [0.29, 0.717) is 0 Å². The lowest BCUT2D eigenvalue weighted by Crippen LogP contribution is -2.46. The Morgan fingerprint density at radius 1 is 1.23 bits per heavy atom. The van der Waals surface area contributed by atoms with E-state index in [2.05, 4.69) is 16.0 Å². The highest BCUT2D eigenvalue weighted by molar-refractivity contribution is 7.89. The minimum absolute atomic E-state index is 0.115. The summed E-state index contributed by atoms with van der Waals surface area (Å²) in [6, 6.07) is 4.86. The van der Waals surface area contributed by atoms with E-state index < -0.39 is 16.1 Å². The molecule has 0 heterocycles. The summed E-state index contributed by atoms with van der Waals surface area (Å²) in [7, 11) is -3.84. The van der Waals surface area contributed by atoms with Gasteiger partial charge in [0.2, 0.25) is 15.9 Å². The van der Waals surface area contributed by atoms with Gasteiger partial charge in [-0.3, -0.25) is 4.79 Å². The second-order valence-electron chi connectivity index (χ2n) is 5.68. The molecule has 0 fully saturated rings. The fraction of sp³-hybridized carbons (Fsp3) is 0.385. The zero-order valence-corrected chi connectivity index (χ0v) is 13.5. The van der Waals surface area contributed by atoms with E-state index in [-0.39, 0.29) is 28.6 Å². The lowest BCUT2D eigenvalue weighted by atomic mass is 10.1. The summed E-state index contributed by atoms with van der Waals surface area (Å²) in [4.78, 5) is 23.1. The van der Waals surface area contributed by atoms with E-state index in [0.717, 1.165) is 0 Å². The van der Waals surface area contributed by atoms with Crippen molar-refractivity contribution in [3.63, 3.8) is 0 Å². The van der Waals surface area contributed by atoms with Crippen molar-refractivity contribution in [1.82, 2.24) is 10.6 Å². The summed E-state index contributed by atoms with van der Waals surface area (Å²) in [5, 5.41) is 12.5. The van der Waals surface area contributed by atoms with E-state index >= 15 is 0 Å². The van der Waals surface area contributed by atoms with Gasteiger partial charge in [0.1, 0.15) is 0 Å². The van der Waals surface area contributed by atoms with Crippen LogP contribution in [0.25, 0.3) is 0 Å². The predicted molar refractivity (Wildman–Crippen MR) is 82.7 cm³/mol. The first-order chi connectivity index (χ1) is 9.97. The van der Waals surface area contributed by atoms with Gasteiger partial charge in [-0.05, 0) is 39.0 Å². The number of urea groups is 1. The fourth-order valence-corrected chi connectivity index (χ4v) is 2.11. The third-order valence-corrected chi connectivity index (χ3v) is 3.26. The number of nitrogens with two attached hydrogens (primary N) is 1. The van der Waals surface area contributed by atoms with Crippen molar-refractivity contribution < 1.29 is 18.0 Å². The van der Waals surface area contributed by atoms with Crippen LogP contribution >= 0.6 is 0 Å². The van der Waals surface area contributed by atoms with Crippen molar-refractivity contribution in [2.45, 2.75) is 31.2 Å². The number of carbonyl (C=O) groups excluding carboxylic acids is 2. The average molecular weight is 328 g/mol. The fourth-order valence-electron chi connectivity index (χ4n) is 1.55. The van der Waals surface area contributed by atoms with Crippen molar-refractivity contribution in [3.8, 4) is 0 Å². The van der Waals surface area contributed by atoms with E-state index in [1.807, 2.05) is 20.8 Å². The van der Waals surface area contributed by atoms with Gasteiger partial charge in [-0.15, -0.1) is 0 Å². The van der Waals surface area contributed by atoms with Crippen LogP contribution in [0.4, 0.5) is 10.5 Å². The normalized spacial score (nSPS) is 11.6. The largest absolute Gasteiger partial charge is 0.350 e. The van der Waals surface area contributed by atoms with Crippen LogP contribution in [0.15, 0.2) is 29.2 Å². The second kappa shape index (κ2) is 6.75. The molecular formula is C13H20N4O4S. The van der Waals surface area contributed by atoms with E-state index in [1.165, 1.54) is 24.3 Å². The molecule has 1 rings (SSSR count). The molecular weight excluding hydrogens is 308 g/mol. The van der Waals surface area contributed by atoms with Crippen LogP contribution in [0, 0.1) is 0 Å². The highest BCUT2D eigenvalue weighted by atomic mass is 32.2.